The van der Waals surface area contributed by atoms with E-state index in [1.807, 2.05) is 43.3 Å². The maximum atomic E-state index is 12.4. The van der Waals surface area contributed by atoms with Gasteiger partial charge in [0.2, 0.25) is 0 Å². The van der Waals surface area contributed by atoms with Gasteiger partial charge in [0.25, 0.3) is 5.91 Å². The highest BCUT2D eigenvalue weighted by molar-refractivity contribution is 5.77. The van der Waals surface area contributed by atoms with E-state index in [9.17, 15) is 4.79 Å². The maximum Gasteiger partial charge on any atom is 0.258 e. The number of amides is 1. The third kappa shape index (κ3) is 6.29. The molecule has 0 bridgehead atoms. The summed E-state index contributed by atoms with van der Waals surface area (Å²) in [7, 11) is 0. The highest BCUT2D eigenvalue weighted by Crippen LogP contribution is 2.17. The molecule has 1 aliphatic rings. The van der Waals surface area contributed by atoms with Gasteiger partial charge in [-0.25, -0.2) is 0 Å². The number of hydrogen-bond donors (Lipinski definition) is 1. The van der Waals surface area contributed by atoms with Crippen LogP contribution < -0.4 is 10.1 Å². The van der Waals surface area contributed by atoms with Crippen LogP contribution in [-0.2, 0) is 17.8 Å². The van der Waals surface area contributed by atoms with Gasteiger partial charge in [0.15, 0.2) is 12.4 Å². The summed E-state index contributed by atoms with van der Waals surface area (Å²) < 4.78 is 7.70. The van der Waals surface area contributed by atoms with E-state index >= 15 is 0 Å². The lowest BCUT2D eigenvalue weighted by molar-refractivity contribution is -0.123. The Balaban J connectivity index is 1.32. The van der Waals surface area contributed by atoms with Gasteiger partial charge in [0.1, 0.15) is 11.6 Å². The van der Waals surface area contributed by atoms with Crippen molar-refractivity contribution >= 4 is 12.0 Å². The molecule has 1 N–H and O–H groups in total. The minimum absolute atomic E-state index is 0.0316. The summed E-state index contributed by atoms with van der Waals surface area (Å²) in [5.74, 6) is 2.25. The van der Waals surface area contributed by atoms with Crippen LogP contribution >= 0.6 is 0 Å². The van der Waals surface area contributed by atoms with Gasteiger partial charge in [-0.15, -0.1) is 10.2 Å². The zero-order chi connectivity index (χ0) is 23.0. The molecule has 3 aromatic rings. The van der Waals surface area contributed by atoms with Crippen molar-refractivity contribution in [2.24, 2.45) is 0 Å². The van der Waals surface area contributed by atoms with Gasteiger partial charge in [-0.1, -0.05) is 60.2 Å². The highest BCUT2D eigenvalue weighted by atomic mass is 16.5. The van der Waals surface area contributed by atoms with Crippen molar-refractivity contribution in [2.45, 2.75) is 32.9 Å². The lowest BCUT2D eigenvalue weighted by atomic mass is 10.1. The van der Waals surface area contributed by atoms with Crippen LogP contribution in [0.5, 0.6) is 5.75 Å². The monoisotopic (exact) mass is 445 g/mol. The van der Waals surface area contributed by atoms with E-state index in [0.29, 0.717) is 5.75 Å². The largest absolute Gasteiger partial charge is 0.484 e. The van der Waals surface area contributed by atoms with Crippen LogP contribution in [0.4, 0.5) is 0 Å². The van der Waals surface area contributed by atoms with E-state index in [1.54, 1.807) is 0 Å². The Morgan fingerprint density at radius 2 is 1.79 bits per heavy atom. The molecule has 172 valence electrons. The first kappa shape index (κ1) is 22.7. The fourth-order valence-electron chi connectivity index (χ4n) is 4.11. The predicted molar refractivity (Wildman–Crippen MR) is 129 cm³/mol. The van der Waals surface area contributed by atoms with E-state index in [2.05, 4.69) is 62.2 Å². The number of benzene rings is 2. The molecular weight excluding hydrogens is 414 g/mol. The Hall–Kier alpha value is -3.45. The number of hydrogen-bond acceptors (Lipinski definition) is 5. The number of carbonyl (C=O) groups is 1. The van der Waals surface area contributed by atoms with E-state index in [4.69, 9.17) is 4.74 Å². The summed E-state index contributed by atoms with van der Waals surface area (Å²) in [5, 5.41) is 11.8. The quantitative estimate of drug-likeness (QED) is 0.575. The van der Waals surface area contributed by atoms with Gasteiger partial charge >= 0.3 is 0 Å². The molecule has 0 spiro atoms. The molecule has 33 heavy (non-hydrogen) atoms. The first-order valence-electron chi connectivity index (χ1n) is 11.4. The van der Waals surface area contributed by atoms with Crippen molar-refractivity contribution in [1.82, 2.24) is 25.0 Å². The zero-order valence-corrected chi connectivity index (χ0v) is 19.3. The molecule has 7 nitrogen and oxygen atoms in total. The van der Waals surface area contributed by atoms with Crippen molar-refractivity contribution in [3.05, 3.63) is 83.4 Å². The molecule has 7 heteroatoms. The predicted octanol–water partition coefficient (Wildman–Crippen LogP) is 3.50. The number of carbonyl (C=O) groups excluding carboxylic acids is 1. The summed E-state index contributed by atoms with van der Waals surface area (Å²) in [6.07, 6.45) is 3.08. The second-order valence-electron chi connectivity index (χ2n) is 8.44. The third-order valence-electron chi connectivity index (χ3n) is 5.71. The molecule has 1 aromatic heterocycles. The number of nitrogens with zero attached hydrogens (tertiary/aromatic N) is 4. The molecular formula is C26H31N5O2. The fourth-order valence-corrected chi connectivity index (χ4v) is 4.11. The number of ether oxygens (including phenoxy) is 1. The summed E-state index contributed by atoms with van der Waals surface area (Å²) in [5.41, 5.74) is 2.56. The Morgan fingerprint density at radius 3 is 2.55 bits per heavy atom. The average molecular weight is 446 g/mol. The molecule has 0 aliphatic carbocycles. The molecule has 1 aliphatic heterocycles. The Bertz CT molecular complexity index is 1080. The Labute approximate surface area is 195 Å². The van der Waals surface area contributed by atoms with E-state index in [-0.39, 0.29) is 18.6 Å². The first-order chi connectivity index (χ1) is 16.1. The lowest BCUT2D eigenvalue weighted by Crippen LogP contribution is -2.33. The van der Waals surface area contributed by atoms with Crippen LogP contribution in [0.1, 0.15) is 37.1 Å². The van der Waals surface area contributed by atoms with Gasteiger partial charge in [-0.3, -0.25) is 9.69 Å². The fraction of sp³-hybridized carbons (Fsp3) is 0.346. The number of para-hydroxylation sites is 1. The smallest absolute Gasteiger partial charge is 0.258 e. The van der Waals surface area contributed by atoms with Crippen molar-refractivity contribution in [2.75, 3.05) is 26.2 Å². The molecule has 0 radical (unpaired) electrons. The van der Waals surface area contributed by atoms with Crippen LogP contribution in [0.3, 0.4) is 0 Å². The number of aromatic nitrogens is 3. The standard InChI is InChI=1S/C26H31N5O2/c1-20(17-22-9-5-3-6-10-22)18-30-14-13-24-28-29-26(31(24)16-15-30)21(2)27-25(32)19-33-23-11-7-4-8-12-23/h3-12,17,21H,13-16,18-19H2,1-2H3,(H,27,32)/b20-17+/t21-/m0/s1. The van der Waals surface area contributed by atoms with Crippen LogP contribution in [0.2, 0.25) is 0 Å². The van der Waals surface area contributed by atoms with Crippen LogP contribution in [0.25, 0.3) is 6.08 Å². The van der Waals surface area contributed by atoms with Crippen molar-refractivity contribution in [3.63, 3.8) is 0 Å². The zero-order valence-electron chi connectivity index (χ0n) is 19.3. The van der Waals surface area contributed by atoms with E-state index in [0.717, 1.165) is 44.2 Å². The lowest BCUT2D eigenvalue weighted by Gasteiger charge is -2.20. The van der Waals surface area contributed by atoms with Crippen molar-refractivity contribution in [1.29, 1.82) is 0 Å². The number of rotatable bonds is 8. The summed E-state index contributed by atoms with van der Waals surface area (Å²) in [4.78, 5) is 14.8. The Kier molecular flexibility index (Phi) is 7.52. The molecule has 2 heterocycles. The molecule has 2 aromatic carbocycles. The van der Waals surface area contributed by atoms with Crippen LogP contribution in [0.15, 0.2) is 66.2 Å². The molecule has 1 atom stereocenters. The van der Waals surface area contributed by atoms with Crippen molar-refractivity contribution < 1.29 is 9.53 Å². The first-order valence-corrected chi connectivity index (χ1v) is 11.4. The topological polar surface area (TPSA) is 72.3 Å². The van der Waals surface area contributed by atoms with Gasteiger partial charge in [-0.2, -0.15) is 0 Å². The average Bonchev–Trinajstić information content (AvgIpc) is 3.13. The Morgan fingerprint density at radius 1 is 1.06 bits per heavy atom. The molecule has 0 saturated heterocycles. The highest BCUT2D eigenvalue weighted by Gasteiger charge is 2.23. The SMILES string of the molecule is C/C(=C\c1ccccc1)CN1CCc2nnc([C@H](C)NC(=O)COc3ccccc3)n2CC1. The molecule has 1 amide bonds. The van der Waals surface area contributed by atoms with Crippen LogP contribution in [-0.4, -0.2) is 51.8 Å². The minimum atomic E-state index is -0.246. The molecule has 0 saturated carbocycles. The maximum absolute atomic E-state index is 12.4. The normalized spacial score (nSPS) is 15.4. The van der Waals surface area contributed by atoms with Gasteiger partial charge in [0.05, 0.1) is 6.04 Å². The molecule has 4 rings (SSSR count). The summed E-state index contributed by atoms with van der Waals surface area (Å²) >= 11 is 0. The third-order valence-corrected chi connectivity index (χ3v) is 5.71. The van der Waals surface area contributed by atoms with Crippen LogP contribution in [0, 0.1) is 0 Å². The summed E-state index contributed by atoms with van der Waals surface area (Å²) in [6.45, 7) is 7.66. The van der Waals surface area contributed by atoms with Gasteiger partial charge in [0, 0.05) is 32.6 Å². The van der Waals surface area contributed by atoms with E-state index < -0.39 is 0 Å². The molecule has 0 unspecified atom stereocenters. The molecule has 0 fully saturated rings. The van der Waals surface area contributed by atoms with Crippen molar-refractivity contribution in [3.8, 4) is 5.75 Å². The number of nitrogens with one attached hydrogen (secondary N) is 1. The second-order valence-corrected chi connectivity index (χ2v) is 8.44. The second kappa shape index (κ2) is 10.9. The van der Waals surface area contributed by atoms with E-state index in [1.165, 1.54) is 11.1 Å². The minimum Gasteiger partial charge on any atom is -0.484 e. The van der Waals surface area contributed by atoms with Gasteiger partial charge in [-0.05, 0) is 31.5 Å². The summed E-state index contributed by atoms with van der Waals surface area (Å²) in [6, 6.07) is 19.5. The number of fused-ring (bicyclic) bond motifs is 1. The van der Waals surface area contributed by atoms with Gasteiger partial charge < -0.3 is 14.6 Å².